The Morgan fingerprint density at radius 2 is 1.62 bits per heavy atom. The summed E-state index contributed by atoms with van der Waals surface area (Å²) in [5.41, 5.74) is 3.74. The maximum atomic E-state index is 13.8. The summed E-state index contributed by atoms with van der Waals surface area (Å²) in [5, 5.41) is 3.38. The van der Waals surface area contributed by atoms with E-state index in [9.17, 15) is 14.4 Å². The standard InChI is InChI=1S/C32H37N3O4/c1-39-32(38)29(19-20-33-24-25-10-4-2-5-11-25)35(23-9-22-34-21-8-14-30(34)36)31(37)28-17-15-27(16-18-28)26-12-6-3-7-13-26/h2-7,10-13,15-18,29,33H,8-9,14,19-24H2,1H3. The highest BCUT2D eigenvalue weighted by molar-refractivity contribution is 5.97. The Morgan fingerprint density at radius 1 is 0.949 bits per heavy atom. The van der Waals surface area contributed by atoms with Gasteiger partial charge < -0.3 is 19.9 Å². The summed E-state index contributed by atoms with van der Waals surface area (Å²) in [4.78, 5) is 42.3. The molecule has 0 spiro atoms. The number of nitrogens with one attached hydrogen (secondary N) is 1. The zero-order chi connectivity index (χ0) is 27.5. The summed E-state index contributed by atoms with van der Waals surface area (Å²) >= 11 is 0. The highest BCUT2D eigenvalue weighted by atomic mass is 16.5. The zero-order valence-electron chi connectivity index (χ0n) is 22.6. The van der Waals surface area contributed by atoms with E-state index in [1.807, 2.05) is 89.8 Å². The summed E-state index contributed by atoms with van der Waals surface area (Å²) in [6, 6.07) is 26.8. The topological polar surface area (TPSA) is 79.0 Å². The number of hydrogen-bond donors (Lipinski definition) is 1. The van der Waals surface area contributed by atoms with E-state index in [1.54, 1.807) is 4.90 Å². The molecule has 0 aromatic heterocycles. The van der Waals surface area contributed by atoms with Crippen molar-refractivity contribution >= 4 is 17.8 Å². The lowest BCUT2D eigenvalue weighted by atomic mass is 10.0. The van der Waals surface area contributed by atoms with Crippen molar-refractivity contribution in [1.29, 1.82) is 0 Å². The van der Waals surface area contributed by atoms with Crippen LogP contribution in [-0.4, -0.2) is 66.9 Å². The van der Waals surface area contributed by atoms with Crippen molar-refractivity contribution < 1.29 is 19.1 Å². The third-order valence-electron chi connectivity index (χ3n) is 7.11. The molecule has 1 atom stereocenters. The maximum Gasteiger partial charge on any atom is 0.328 e. The molecule has 204 valence electrons. The average molecular weight is 528 g/mol. The van der Waals surface area contributed by atoms with E-state index in [0.29, 0.717) is 51.0 Å². The summed E-state index contributed by atoms with van der Waals surface area (Å²) in [5.74, 6) is -0.511. The van der Waals surface area contributed by atoms with Crippen molar-refractivity contribution in [1.82, 2.24) is 15.1 Å². The number of carbonyl (C=O) groups excluding carboxylic acids is 3. The van der Waals surface area contributed by atoms with Crippen LogP contribution in [0.2, 0.25) is 0 Å². The zero-order valence-corrected chi connectivity index (χ0v) is 22.6. The van der Waals surface area contributed by atoms with Gasteiger partial charge in [-0.25, -0.2) is 4.79 Å². The van der Waals surface area contributed by atoms with E-state index in [1.165, 1.54) is 7.11 Å². The van der Waals surface area contributed by atoms with Gasteiger partial charge in [0, 0.05) is 38.2 Å². The largest absolute Gasteiger partial charge is 0.467 e. The lowest BCUT2D eigenvalue weighted by Crippen LogP contribution is -2.48. The van der Waals surface area contributed by atoms with Gasteiger partial charge in [-0.05, 0) is 54.6 Å². The molecule has 2 amide bonds. The first-order chi connectivity index (χ1) is 19.1. The van der Waals surface area contributed by atoms with Crippen LogP contribution in [0, 0.1) is 0 Å². The third-order valence-corrected chi connectivity index (χ3v) is 7.11. The number of amides is 2. The van der Waals surface area contributed by atoms with Crippen LogP contribution in [0.4, 0.5) is 0 Å². The monoisotopic (exact) mass is 527 g/mol. The van der Waals surface area contributed by atoms with Crippen molar-refractivity contribution in [2.24, 2.45) is 0 Å². The van der Waals surface area contributed by atoms with Crippen molar-refractivity contribution in [3.63, 3.8) is 0 Å². The first-order valence-electron chi connectivity index (χ1n) is 13.6. The van der Waals surface area contributed by atoms with Gasteiger partial charge in [0.1, 0.15) is 6.04 Å². The van der Waals surface area contributed by atoms with Crippen LogP contribution in [0.15, 0.2) is 84.9 Å². The van der Waals surface area contributed by atoms with Crippen LogP contribution < -0.4 is 5.32 Å². The molecule has 7 heteroatoms. The molecule has 39 heavy (non-hydrogen) atoms. The second-order valence-electron chi connectivity index (χ2n) is 9.77. The molecule has 3 aromatic rings. The number of ether oxygens (including phenoxy) is 1. The van der Waals surface area contributed by atoms with E-state index in [0.717, 1.165) is 29.7 Å². The molecule has 3 aromatic carbocycles. The van der Waals surface area contributed by atoms with Crippen LogP contribution in [0.25, 0.3) is 11.1 Å². The van der Waals surface area contributed by atoms with Crippen LogP contribution in [0.3, 0.4) is 0 Å². The van der Waals surface area contributed by atoms with Crippen molar-refractivity contribution in [3.8, 4) is 11.1 Å². The first-order valence-corrected chi connectivity index (χ1v) is 13.6. The Morgan fingerprint density at radius 3 is 2.26 bits per heavy atom. The molecule has 1 fully saturated rings. The molecule has 1 N–H and O–H groups in total. The van der Waals surface area contributed by atoms with E-state index >= 15 is 0 Å². The van der Waals surface area contributed by atoms with Gasteiger partial charge in [-0.1, -0.05) is 72.8 Å². The van der Waals surface area contributed by atoms with E-state index in [4.69, 9.17) is 4.74 Å². The van der Waals surface area contributed by atoms with Gasteiger partial charge in [0.05, 0.1) is 7.11 Å². The summed E-state index contributed by atoms with van der Waals surface area (Å²) in [7, 11) is 1.35. The lowest BCUT2D eigenvalue weighted by molar-refractivity contribution is -0.146. The van der Waals surface area contributed by atoms with Gasteiger partial charge in [-0.2, -0.15) is 0 Å². The number of rotatable bonds is 13. The molecule has 1 saturated heterocycles. The highest BCUT2D eigenvalue weighted by Crippen LogP contribution is 2.21. The molecule has 0 aliphatic carbocycles. The predicted octanol–water partition coefficient (Wildman–Crippen LogP) is 4.53. The van der Waals surface area contributed by atoms with Crippen molar-refractivity contribution in [3.05, 3.63) is 96.1 Å². The fraction of sp³-hybridized carbons (Fsp3) is 0.344. The molecule has 1 aliphatic rings. The van der Waals surface area contributed by atoms with Gasteiger partial charge >= 0.3 is 5.97 Å². The summed E-state index contributed by atoms with van der Waals surface area (Å²) in [6.45, 7) is 2.87. The van der Waals surface area contributed by atoms with Gasteiger partial charge in [-0.3, -0.25) is 9.59 Å². The van der Waals surface area contributed by atoms with E-state index < -0.39 is 12.0 Å². The lowest BCUT2D eigenvalue weighted by Gasteiger charge is -2.31. The molecule has 1 aliphatic heterocycles. The number of methoxy groups -OCH3 is 1. The van der Waals surface area contributed by atoms with Crippen molar-refractivity contribution in [2.75, 3.05) is 33.3 Å². The van der Waals surface area contributed by atoms with E-state index in [2.05, 4.69) is 5.32 Å². The number of esters is 1. The minimum absolute atomic E-state index is 0.152. The predicted molar refractivity (Wildman–Crippen MR) is 152 cm³/mol. The Hall–Kier alpha value is -3.97. The number of benzene rings is 3. The molecule has 7 nitrogen and oxygen atoms in total. The SMILES string of the molecule is COC(=O)C(CCNCc1ccccc1)N(CCCN1CCCC1=O)C(=O)c1ccc(-c2ccccc2)cc1. The maximum absolute atomic E-state index is 13.8. The summed E-state index contributed by atoms with van der Waals surface area (Å²) < 4.78 is 5.14. The molecule has 0 bridgehead atoms. The minimum atomic E-state index is -0.742. The first kappa shape index (κ1) is 28.0. The highest BCUT2D eigenvalue weighted by Gasteiger charge is 2.31. The van der Waals surface area contributed by atoms with Gasteiger partial charge in [0.25, 0.3) is 5.91 Å². The van der Waals surface area contributed by atoms with Gasteiger partial charge in [0.15, 0.2) is 0 Å². The molecular formula is C32H37N3O4. The Labute approximate surface area is 230 Å². The summed E-state index contributed by atoms with van der Waals surface area (Å²) in [6.07, 6.45) is 2.45. The van der Waals surface area contributed by atoms with Crippen LogP contribution in [0.5, 0.6) is 0 Å². The molecule has 1 heterocycles. The fourth-order valence-corrected chi connectivity index (χ4v) is 4.98. The van der Waals surface area contributed by atoms with E-state index in [-0.39, 0.29) is 11.8 Å². The molecule has 4 rings (SSSR count). The second kappa shape index (κ2) is 14.3. The van der Waals surface area contributed by atoms with Crippen LogP contribution >= 0.6 is 0 Å². The fourth-order valence-electron chi connectivity index (χ4n) is 4.98. The number of nitrogens with zero attached hydrogens (tertiary/aromatic N) is 2. The number of hydrogen-bond acceptors (Lipinski definition) is 5. The van der Waals surface area contributed by atoms with Crippen LogP contribution in [0.1, 0.15) is 41.6 Å². The number of likely N-dealkylation sites (tertiary alicyclic amines) is 1. The molecule has 0 radical (unpaired) electrons. The Bertz CT molecular complexity index is 1220. The second-order valence-corrected chi connectivity index (χ2v) is 9.77. The minimum Gasteiger partial charge on any atom is -0.467 e. The van der Waals surface area contributed by atoms with Gasteiger partial charge in [-0.15, -0.1) is 0 Å². The molecule has 0 saturated carbocycles. The molecular weight excluding hydrogens is 490 g/mol. The smallest absolute Gasteiger partial charge is 0.328 e. The third kappa shape index (κ3) is 7.77. The Kier molecular flexibility index (Phi) is 10.3. The van der Waals surface area contributed by atoms with Crippen molar-refractivity contribution in [2.45, 2.75) is 38.3 Å². The van der Waals surface area contributed by atoms with Crippen LogP contribution in [-0.2, 0) is 20.9 Å². The quantitative estimate of drug-likeness (QED) is 0.261. The number of carbonyl (C=O) groups is 3. The normalized spacial score (nSPS) is 13.8. The van der Waals surface area contributed by atoms with Gasteiger partial charge in [0.2, 0.25) is 5.91 Å². The Balaban J connectivity index is 1.48. The average Bonchev–Trinajstić information content (AvgIpc) is 3.40. The molecule has 1 unspecified atom stereocenters.